The van der Waals surface area contributed by atoms with Crippen LogP contribution in [0, 0.1) is 52.3 Å². The standard InChI is InChI=1S/C30H51NO5/c1-6-17(2)27(28(35)36)31-26(34)12-7-18(3)22-10-11-23-21-9-8-19-15-20(32)13-14-29(19,4)24(21)16-25(33)30(22,23)5/h17-25,27,32-33H,6-16H2,1-5H3,(H,31,34)(H,35,36). The normalized spacial score (nSPS) is 44.5. The van der Waals surface area contributed by atoms with E-state index in [0.717, 1.165) is 44.9 Å². The number of nitrogens with one attached hydrogen (secondary N) is 1. The van der Waals surface area contributed by atoms with Gasteiger partial charge in [-0.05, 0) is 110 Å². The van der Waals surface area contributed by atoms with Crippen LogP contribution in [0.3, 0.4) is 0 Å². The van der Waals surface area contributed by atoms with Crippen LogP contribution in [0.4, 0.5) is 0 Å². The molecule has 4 saturated carbocycles. The number of carboxylic acid groups (broad SMARTS) is 1. The van der Waals surface area contributed by atoms with Crippen molar-refractivity contribution in [2.45, 2.75) is 123 Å². The number of amides is 1. The van der Waals surface area contributed by atoms with Gasteiger partial charge in [-0.1, -0.05) is 41.0 Å². The Morgan fingerprint density at radius 1 is 1.00 bits per heavy atom. The highest BCUT2D eigenvalue weighted by molar-refractivity contribution is 5.83. The first-order valence-electron chi connectivity index (χ1n) is 14.8. The predicted octanol–water partition coefficient (Wildman–Crippen LogP) is 5.01. The number of fused-ring (bicyclic) bond motifs is 5. The van der Waals surface area contributed by atoms with Crippen molar-refractivity contribution >= 4 is 11.9 Å². The van der Waals surface area contributed by atoms with E-state index in [1.165, 1.54) is 12.8 Å². The van der Waals surface area contributed by atoms with Crippen molar-refractivity contribution < 1.29 is 24.9 Å². The van der Waals surface area contributed by atoms with Gasteiger partial charge >= 0.3 is 5.97 Å². The fourth-order valence-electron chi connectivity index (χ4n) is 9.65. The highest BCUT2D eigenvalue weighted by Crippen LogP contribution is 2.68. The molecule has 1 amide bonds. The van der Waals surface area contributed by atoms with Gasteiger partial charge in [0.25, 0.3) is 0 Å². The van der Waals surface area contributed by atoms with Crippen LogP contribution >= 0.6 is 0 Å². The lowest BCUT2D eigenvalue weighted by Crippen LogP contribution is -2.58. The van der Waals surface area contributed by atoms with Gasteiger partial charge in [-0.3, -0.25) is 4.79 Å². The zero-order valence-corrected chi connectivity index (χ0v) is 23.2. The second-order valence-electron chi connectivity index (χ2n) is 13.7. The molecular formula is C30H51NO5. The summed E-state index contributed by atoms with van der Waals surface area (Å²) in [5, 5.41) is 34.3. The molecule has 6 nitrogen and oxygen atoms in total. The number of carbonyl (C=O) groups is 2. The molecule has 0 saturated heterocycles. The largest absolute Gasteiger partial charge is 0.480 e. The quantitative estimate of drug-likeness (QED) is 0.371. The molecule has 0 aromatic rings. The van der Waals surface area contributed by atoms with Gasteiger partial charge in [0, 0.05) is 6.42 Å². The lowest BCUT2D eigenvalue weighted by atomic mass is 9.43. The third-order valence-corrected chi connectivity index (χ3v) is 12.1. The maximum absolute atomic E-state index is 12.7. The minimum atomic E-state index is -0.965. The first kappa shape index (κ1) is 27.9. The van der Waals surface area contributed by atoms with Crippen molar-refractivity contribution in [1.29, 1.82) is 0 Å². The van der Waals surface area contributed by atoms with Crippen LogP contribution < -0.4 is 5.32 Å². The van der Waals surface area contributed by atoms with Crippen LogP contribution in [0.5, 0.6) is 0 Å². The molecule has 0 radical (unpaired) electrons. The molecular weight excluding hydrogens is 454 g/mol. The molecule has 12 unspecified atom stereocenters. The molecule has 6 heteroatoms. The number of hydrogen-bond donors (Lipinski definition) is 4. The van der Waals surface area contributed by atoms with Gasteiger partial charge < -0.3 is 20.6 Å². The van der Waals surface area contributed by atoms with E-state index in [-0.39, 0.29) is 34.9 Å². The molecule has 4 aliphatic carbocycles. The van der Waals surface area contributed by atoms with Crippen LogP contribution in [0.1, 0.15) is 105 Å². The van der Waals surface area contributed by atoms with Gasteiger partial charge in [0.15, 0.2) is 0 Å². The molecule has 0 spiro atoms. The molecule has 0 aromatic carbocycles. The first-order valence-corrected chi connectivity index (χ1v) is 14.8. The molecule has 4 fully saturated rings. The number of aliphatic hydroxyl groups is 2. The Morgan fingerprint density at radius 2 is 1.72 bits per heavy atom. The maximum Gasteiger partial charge on any atom is 0.326 e. The smallest absolute Gasteiger partial charge is 0.326 e. The SMILES string of the molecule is CCC(C)C(NC(=O)CCC(C)C1CCC2C3CCC4CC(O)CCC4(C)C3CC(O)C12C)C(=O)O. The van der Waals surface area contributed by atoms with Crippen LogP contribution in [-0.2, 0) is 9.59 Å². The minimum absolute atomic E-state index is 0.104. The summed E-state index contributed by atoms with van der Waals surface area (Å²) in [4.78, 5) is 24.3. The van der Waals surface area contributed by atoms with Gasteiger partial charge in [-0.2, -0.15) is 0 Å². The van der Waals surface area contributed by atoms with Crippen molar-refractivity contribution in [3.05, 3.63) is 0 Å². The Labute approximate surface area is 218 Å². The molecule has 12 atom stereocenters. The average Bonchev–Trinajstić information content (AvgIpc) is 3.20. The second kappa shape index (κ2) is 10.6. The summed E-state index contributed by atoms with van der Waals surface area (Å²) in [6.45, 7) is 10.8. The number of rotatable bonds is 8. The van der Waals surface area contributed by atoms with E-state index in [1.54, 1.807) is 0 Å². The summed E-state index contributed by atoms with van der Waals surface area (Å²) in [5.74, 6) is 1.76. The molecule has 0 aliphatic heterocycles. The lowest BCUT2D eigenvalue weighted by molar-refractivity contribution is -0.175. The highest BCUT2D eigenvalue weighted by Gasteiger charge is 2.63. The van der Waals surface area contributed by atoms with Crippen molar-refractivity contribution in [1.82, 2.24) is 5.32 Å². The van der Waals surface area contributed by atoms with Crippen molar-refractivity contribution in [2.75, 3.05) is 0 Å². The van der Waals surface area contributed by atoms with Gasteiger partial charge in [0.05, 0.1) is 12.2 Å². The number of hydrogen-bond acceptors (Lipinski definition) is 4. The number of carboxylic acids is 1. The Bertz CT molecular complexity index is 817. The average molecular weight is 506 g/mol. The zero-order valence-electron chi connectivity index (χ0n) is 23.2. The fourth-order valence-corrected chi connectivity index (χ4v) is 9.65. The molecule has 0 bridgehead atoms. The van der Waals surface area contributed by atoms with E-state index in [2.05, 4.69) is 26.1 Å². The van der Waals surface area contributed by atoms with Crippen LogP contribution in [0.2, 0.25) is 0 Å². The molecule has 206 valence electrons. The van der Waals surface area contributed by atoms with Gasteiger partial charge in [0.2, 0.25) is 5.91 Å². The highest BCUT2D eigenvalue weighted by atomic mass is 16.4. The zero-order chi connectivity index (χ0) is 26.4. The lowest BCUT2D eigenvalue weighted by Gasteiger charge is -2.62. The summed E-state index contributed by atoms with van der Waals surface area (Å²) in [5.41, 5.74) is 0.122. The van der Waals surface area contributed by atoms with Gasteiger partial charge in [0.1, 0.15) is 6.04 Å². The minimum Gasteiger partial charge on any atom is -0.480 e. The monoisotopic (exact) mass is 505 g/mol. The summed E-state index contributed by atoms with van der Waals surface area (Å²) in [7, 11) is 0. The van der Waals surface area contributed by atoms with E-state index in [0.29, 0.717) is 48.3 Å². The Hall–Kier alpha value is -1.14. The van der Waals surface area contributed by atoms with Crippen LogP contribution in [0.25, 0.3) is 0 Å². The Balaban J connectivity index is 1.41. The van der Waals surface area contributed by atoms with Crippen molar-refractivity contribution in [3.63, 3.8) is 0 Å². The number of aliphatic carboxylic acids is 1. The molecule has 0 heterocycles. The third-order valence-electron chi connectivity index (χ3n) is 12.1. The summed E-state index contributed by atoms with van der Waals surface area (Å²) >= 11 is 0. The van der Waals surface area contributed by atoms with Crippen molar-refractivity contribution in [3.8, 4) is 0 Å². The summed E-state index contributed by atoms with van der Waals surface area (Å²) in [6, 6.07) is -0.833. The Kier molecular flexibility index (Phi) is 8.17. The molecule has 0 aromatic heterocycles. The van der Waals surface area contributed by atoms with Crippen LogP contribution in [-0.4, -0.2) is 45.4 Å². The van der Waals surface area contributed by atoms with Crippen LogP contribution in [0.15, 0.2) is 0 Å². The summed E-state index contributed by atoms with van der Waals surface area (Å²) < 4.78 is 0. The molecule has 4 rings (SSSR count). The van der Waals surface area contributed by atoms with E-state index in [1.807, 2.05) is 13.8 Å². The number of aliphatic hydroxyl groups excluding tert-OH is 2. The van der Waals surface area contributed by atoms with Gasteiger partial charge in [-0.25, -0.2) is 4.79 Å². The summed E-state index contributed by atoms with van der Waals surface area (Å²) in [6.07, 6.45) is 9.78. The first-order chi connectivity index (χ1) is 16.9. The molecule has 36 heavy (non-hydrogen) atoms. The van der Waals surface area contributed by atoms with E-state index >= 15 is 0 Å². The second-order valence-corrected chi connectivity index (χ2v) is 13.7. The van der Waals surface area contributed by atoms with E-state index < -0.39 is 12.0 Å². The van der Waals surface area contributed by atoms with Gasteiger partial charge in [-0.15, -0.1) is 0 Å². The number of carbonyl (C=O) groups excluding carboxylic acids is 1. The topological polar surface area (TPSA) is 107 Å². The van der Waals surface area contributed by atoms with Crippen molar-refractivity contribution in [2.24, 2.45) is 52.3 Å². The fraction of sp³-hybridized carbons (Fsp3) is 0.933. The maximum atomic E-state index is 12.7. The Morgan fingerprint density at radius 3 is 2.39 bits per heavy atom. The van der Waals surface area contributed by atoms with E-state index in [4.69, 9.17) is 0 Å². The third kappa shape index (κ3) is 4.74. The molecule has 4 aliphatic rings. The predicted molar refractivity (Wildman–Crippen MR) is 140 cm³/mol. The molecule has 4 N–H and O–H groups in total. The van der Waals surface area contributed by atoms with E-state index in [9.17, 15) is 24.9 Å².